The summed E-state index contributed by atoms with van der Waals surface area (Å²) >= 11 is 0. The zero-order chi connectivity index (χ0) is 25.0. The van der Waals surface area contributed by atoms with Crippen LogP contribution in [0.5, 0.6) is 0 Å². The number of aromatic carboxylic acids is 1. The van der Waals surface area contributed by atoms with Crippen molar-refractivity contribution in [1.82, 2.24) is 10.2 Å². The second-order valence-corrected chi connectivity index (χ2v) is 10.5. The Kier molecular flexibility index (Phi) is 7.83. The summed E-state index contributed by atoms with van der Waals surface area (Å²) in [5.41, 5.74) is 2.22. The van der Waals surface area contributed by atoms with Gasteiger partial charge in [0.05, 0.1) is 28.4 Å². The summed E-state index contributed by atoms with van der Waals surface area (Å²) in [7, 11) is -3.94. The molecule has 0 atom stereocenters. The predicted molar refractivity (Wildman–Crippen MR) is 132 cm³/mol. The summed E-state index contributed by atoms with van der Waals surface area (Å²) in [5.74, 6) is -1.17. The highest BCUT2D eigenvalue weighted by Crippen LogP contribution is 2.31. The van der Waals surface area contributed by atoms with Crippen molar-refractivity contribution in [2.45, 2.75) is 38.6 Å². The number of rotatable bonds is 8. The molecule has 1 fully saturated rings. The first kappa shape index (κ1) is 25.5. The van der Waals surface area contributed by atoms with Gasteiger partial charge >= 0.3 is 5.97 Å². The van der Waals surface area contributed by atoms with E-state index in [4.69, 9.17) is 0 Å². The highest BCUT2D eigenvalue weighted by Gasteiger charge is 2.25. The first-order valence-electron chi connectivity index (χ1n) is 11.2. The Hall–Kier alpha value is -3.11. The average molecular weight is 489 g/mol. The van der Waals surface area contributed by atoms with E-state index >= 15 is 0 Å². The van der Waals surface area contributed by atoms with E-state index in [1.807, 2.05) is 36.6 Å². The first-order chi connectivity index (χ1) is 16.0. The van der Waals surface area contributed by atoms with Crippen molar-refractivity contribution in [2.24, 2.45) is 0 Å². The van der Waals surface area contributed by atoms with E-state index in [-0.39, 0.29) is 28.1 Å². The van der Waals surface area contributed by atoms with Crippen LogP contribution in [0.3, 0.4) is 0 Å². The van der Waals surface area contributed by atoms with Crippen molar-refractivity contribution in [3.8, 4) is 0 Å². The van der Waals surface area contributed by atoms with E-state index in [0.29, 0.717) is 44.0 Å². The van der Waals surface area contributed by atoms with Crippen LogP contribution in [-0.2, 0) is 14.8 Å². The molecule has 184 valence electrons. The fourth-order valence-electron chi connectivity index (χ4n) is 3.94. The van der Waals surface area contributed by atoms with Gasteiger partial charge in [0, 0.05) is 32.2 Å². The number of anilines is 2. The van der Waals surface area contributed by atoms with Crippen LogP contribution in [-0.4, -0.2) is 69.1 Å². The third-order valence-corrected chi connectivity index (χ3v) is 7.16. The third-order valence-electron chi connectivity index (χ3n) is 5.65. The lowest BCUT2D eigenvalue weighted by Gasteiger charge is -2.36. The maximum atomic E-state index is 13.2. The lowest BCUT2D eigenvalue weighted by atomic mass is 10.1. The molecular formula is C24H32N4O5S. The molecule has 0 aliphatic carbocycles. The van der Waals surface area contributed by atoms with Gasteiger partial charge in [0.2, 0.25) is 5.91 Å². The van der Waals surface area contributed by atoms with Gasteiger partial charge < -0.3 is 15.3 Å². The number of sulfonamides is 1. The Labute approximate surface area is 200 Å². The van der Waals surface area contributed by atoms with E-state index in [1.165, 1.54) is 12.1 Å². The van der Waals surface area contributed by atoms with E-state index in [2.05, 4.69) is 10.0 Å². The van der Waals surface area contributed by atoms with E-state index in [9.17, 15) is 23.1 Å². The zero-order valence-corrected chi connectivity index (χ0v) is 20.8. The smallest absolute Gasteiger partial charge is 0.335 e. The van der Waals surface area contributed by atoms with E-state index in [0.717, 1.165) is 5.56 Å². The monoisotopic (exact) mass is 488 g/mol. The summed E-state index contributed by atoms with van der Waals surface area (Å²) in [4.78, 5) is 27.8. The Morgan fingerprint density at radius 1 is 1.03 bits per heavy atom. The SMILES string of the molecule is Cc1ccc(C)c(S(=O)(=O)Nc2cc(C(=O)O)ccc2N2CCN(CC(=O)NC(C)C)CC2)c1. The Balaban J connectivity index is 1.84. The van der Waals surface area contributed by atoms with Gasteiger partial charge in [-0.05, 0) is 63.1 Å². The van der Waals surface area contributed by atoms with Gasteiger partial charge in [-0.3, -0.25) is 14.4 Å². The lowest BCUT2D eigenvalue weighted by molar-refractivity contribution is -0.122. The summed E-state index contributed by atoms with van der Waals surface area (Å²) in [6.07, 6.45) is 0. The van der Waals surface area contributed by atoms with Crippen LogP contribution in [0.25, 0.3) is 0 Å². The molecule has 1 aliphatic heterocycles. The van der Waals surface area contributed by atoms with Crippen LogP contribution < -0.4 is 14.9 Å². The molecule has 34 heavy (non-hydrogen) atoms. The van der Waals surface area contributed by atoms with Crippen molar-refractivity contribution >= 4 is 33.3 Å². The number of nitrogens with one attached hydrogen (secondary N) is 2. The zero-order valence-electron chi connectivity index (χ0n) is 20.0. The molecule has 10 heteroatoms. The number of benzene rings is 2. The molecule has 1 heterocycles. The topological polar surface area (TPSA) is 119 Å². The Bertz CT molecular complexity index is 1170. The second kappa shape index (κ2) is 10.4. The predicted octanol–water partition coefficient (Wildman–Crippen LogP) is 2.45. The number of carbonyl (C=O) groups is 2. The first-order valence-corrected chi connectivity index (χ1v) is 12.7. The number of carbonyl (C=O) groups excluding carboxylic acids is 1. The average Bonchev–Trinajstić information content (AvgIpc) is 2.75. The summed E-state index contributed by atoms with van der Waals surface area (Å²) in [6.45, 7) is 10.0. The van der Waals surface area contributed by atoms with Gasteiger partial charge in [0.15, 0.2) is 0 Å². The summed E-state index contributed by atoms with van der Waals surface area (Å²) in [5, 5.41) is 12.3. The molecule has 0 aromatic heterocycles. The van der Waals surface area contributed by atoms with Crippen LogP contribution in [0.2, 0.25) is 0 Å². The number of amides is 1. The van der Waals surface area contributed by atoms with Crippen LogP contribution in [0, 0.1) is 13.8 Å². The molecule has 0 saturated carbocycles. The van der Waals surface area contributed by atoms with Crippen LogP contribution in [0.4, 0.5) is 11.4 Å². The van der Waals surface area contributed by atoms with Gasteiger partial charge in [0.25, 0.3) is 10.0 Å². The molecule has 1 saturated heterocycles. The van der Waals surface area contributed by atoms with Crippen molar-refractivity contribution < 1.29 is 23.1 Å². The minimum Gasteiger partial charge on any atom is -0.478 e. The van der Waals surface area contributed by atoms with Crippen molar-refractivity contribution in [3.63, 3.8) is 0 Å². The molecule has 0 radical (unpaired) electrons. The lowest BCUT2D eigenvalue weighted by Crippen LogP contribution is -2.50. The van der Waals surface area contributed by atoms with Crippen molar-refractivity contribution in [2.75, 3.05) is 42.3 Å². The van der Waals surface area contributed by atoms with Gasteiger partial charge in [-0.25, -0.2) is 13.2 Å². The fourth-order valence-corrected chi connectivity index (χ4v) is 5.34. The minimum atomic E-state index is -3.94. The molecule has 2 aromatic carbocycles. The number of aryl methyl sites for hydroxylation is 2. The third kappa shape index (κ3) is 6.27. The minimum absolute atomic E-state index is 0.00796. The van der Waals surface area contributed by atoms with Crippen LogP contribution >= 0.6 is 0 Å². The number of carboxylic acid groups (broad SMARTS) is 1. The van der Waals surface area contributed by atoms with Gasteiger partial charge in [-0.2, -0.15) is 0 Å². The number of nitrogens with zero attached hydrogens (tertiary/aromatic N) is 2. The standard InChI is InChI=1S/C24H32N4O5S/c1-16(2)25-23(29)15-27-9-11-28(12-10-27)21-8-7-19(24(30)31)14-20(21)26-34(32,33)22-13-17(3)5-6-18(22)4/h5-8,13-14,16,26H,9-12,15H2,1-4H3,(H,25,29)(H,30,31). The van der Waals surface area contributed by atoms with Crippen molar-refractivity contribution in [3.05, 3.63) is 53.1 Å². The van der Waals surface area contributed by atoms with E-state index < -0.39 is 16.0 Å². The number of piperazine rings is 1. The maximum Gasteiger partial charge on any atom is 0.335 e. The van der Waals surface area contributed by atoms with Gasteiger partial charge in [-0.15, -0.1) is 0 Å². The number of hydrogen-bond acceptors (Lipinski definition) is 6. The quantitative estimate of drug-likeness (QED) is 0.522. The van der Waals surface area contributed by atoms with Gasteiger partial charge in [-0.1, -0.05) is 12.1 Å². The largest absolute Gasteiger partial charge is 0.478 e. The molecule has 1 amide bonds. The Morgan fingerprint density at radius 3 is 2.32 bits per heavy atom. The molecule has 9 nitrogen and oxygen atoms in total. The van der Waals surface area contributed by atoms with E-state index in [1.54, 1.807) is 25.1 Å². The molecule has 0 unspecified atom stereocenters. The Morgan fingerprint density at radius 2 is 1.71 bits per heavy atom. The van der Waals surface area contributed by atoms with Crippen molar-refractivity contribution in [1.29, 1.82) is 0 Å². The number of carboxylic acids is 1. The highest BCUT2D eigenvalue weighted by atomic mass is 32.2. The van der Waals surface area contributed by atoms with Gasteiger partial charge in [0.1, 0.15) is 0 Å². The fraction of sp³-hybridized carbons (Fsp3) is 0.417. The molecule has 2 aromatic rings. The maximum absolute atomic E-state index is 13.2. The summed E-state index contributed by atoms with van der Waals surface area (Å²) < 4.78 is 29.1. The summed E-state index contributed by atoms with van der Waals surface area (Å²) in [6, 6.07) is 9.71. The number of hydrogen-bond donors (Lipinski definition) is 3. The highest BCUT2D eigenvalue weighted by molar-refractivity contribution is 7.92. The molecule has 0 bridgehead atoms. The normalized spacial score (nSPS) is 14.8. The molecule has 3 N–H and O–H groups in total. The van der Waals surface area contributed by atoms with Crippen LogP contribution in [0.15, 0.2) is 41.3 Å². The molecule has 0 spiro atoms. The molecular weight excluding hydrogens is 456 g/mol. The molecule has 3 rings (SSSR count). The second-order valence-electron chi connectivity index (χ2n) is 8.90. The molecule has 1 aliphatic rings. The van der Waals surface area contributed by atoms with Crippen LogP contribution in [0.1, 0.15) is 35.3 Å².